The maximum absolute atomic E-state index is 11.7. The summed E-state index contributed by atoms with van der Waals surface area (Å²) in [5.41, 5.74) is -0.309. The first-order valence-electron chi connectivity index (χ1n) is 4.85. The van der Waals surface area contributed by atoms with E-state index in [9.17, 15) is 9.59 Å². The van der Waals surface area contributed by atoms with Crippen molar-refractivity contribution < 1.29 is 14.3 Å². The first-order chi connectivity index (χ1) is 7.66. The molecule has 1 aromatic rings. The molecule has 1 aliphatic carbocycles. The fourth-order valence-electron chi connectivity index (χ4n) is 1.38. The number of hydrogen-bond acceptors (Lipinski definition) is 3. The van der Waals surface area contributed by atoms with E-state index in [0.717, 1.165) is 0 Å². The Bertz CT molecular complexity index is 412. The van der Waals surface area contributed by atoms with Crippen molar-refractivity contribution in [3.63, 3.8) is 0 Å². The third-order valence-corrected chi connectivity index (χ3v) is 2.75. The topological polar surface area (TPSA) is 55.4 Å². The molecule has 1 saturated carbocycles. The van der Waals surface area contributed by atoms with Gasteiger partial charge in [-0.3, -0.25) is 9.59 Å². The Hall–Kier alpha value is -1.55. The number of anilines is 1. The highest BCUT2D eigenvalue weighted by molar-refractivity contribution is 6.30. The lowest BCUT2D eigenvalue weighted by Crippen LogP contribution is -2.32. The molecule has 16 heavy (non-hydrogen) atoms. The lowest BCUT2D eigenvalue weighted by molar-refractivity contribution is -0.144. The Morgan fingerprint density at radius 2 is 2.00 bits per heavy atom. The van der Waals surface area contributed by atoms with E-state index >= 15 is 0 Å². The number of carbonyl (C=O) groups is 2. The first kappa shape index (κ1) is 11.0. The Morgan fingerprint density at radius 3 is 2.50 bits per heavy atom. The summed E-state index contributed by atoms with van der Waals surface area (Å²) in [4.78, 5) is 22.0. The number of hydrogen-bond donors (Lipinski definition) is 1. The van der Waals surface area contributed by atoms with Crippen molar-refractivity contribution in [1.29, 1.82) is 0 Å². The molecule has 0 radical (unpaired) electrons. The van der Waals surface area contributed by atoms with E-state index in [1.54, 1.807) is 24.3 Å². The minimum absolute atomic E-state index is 0.290. The maximum Gasteiger partial charge on any atom is 0.294 e. The number of ether oxygens (including phenoxy) is 1. The Labute approximate surface area is 97.5 Å². The monoisotopic (exact) mass is 239 g/mol. The van der Waals surface area contributed by atoms with E-state index in [1.165, 1.54) is 0 Å². The molecular formula is C11H10ClNO3. The minimum atomic E-state index is -0.943. The molecule has 1 N–H and O–H groups in total. The lowest BCUT2D eigenvalue weighted by Gasteiger charge is -2.13. The summed E-state index contributed by atoms with van der Waals surface area (Å²) in [6.07, 6.45) is 1.15. The first-order valence-corrected chi connectivity index (χ1v) is 5.23. The number of carbonyl (C=O) groups excluding carboxylic acids is 2. The molecule has 0 bridgehead atoms. The van der Waals surface area contributed by atoms with Crippen molar-refractivity contribution in [3.05, 3.63) is 29.3 Å². The highest BCUT2D eigenvalue weighted by atomic mass is 35.5. The molecule has 1 fully saturated rings. The molecule has 84 valence electrons. The van der Waals surface area contributed by atoms with Gasteiger partial charge >= 0.3 is 0 Å². The molecule has 0 saturated heterocycles. The molecule has 5 heteroatoms. The van der Waals surface area contributed by atoms with E-state index < -0.39 is 5.60 Å². The normalized spacial score (nSPS) is 16.3. The van der Waals surface area contributed by atoms with Crippen LogP contribution in [0.2, 0.25) is 5.02 Å². The molecule has 2 rings (SSSR count). The SMILES string of the molecule is O=COC1(C(=O)Nc2ccc(Cl)cc2)CC1. The smallest absolute Gasteiger partial charge is 0.294 e. The van der Waals surface area contributed by atoms with Crippen LogP contribution >= 0.6 is 11.6 Å². The molecule has 0 atom stereocenters. The molecule has 1 aromatic carbocycles. The fraction of sp³-hybridized carbons (Fsp3) is 0.273. The summed E-state index contributed by atoms with van der Waals surface area (Å²) in [6.45, 7) is 0.314. The maximum atomic E-state index is 11.7. The van der Waals surface area contributed by atoms with Gasteiger partial charge in [0, 0.05) is 23.6 Å². The molecule has 1 aliphatic rings. The number of halogens is 1. The zero-order valence-corrected chi connectivity index (χ0v) is 9.16. The lowest BCUT2D eigenvalue weighted by atomic mass is 10.2. The number of nitrogens with one attached hydrogen (secondary N) is 1. The van der Waals surface area contributed by atoms with Crippen LogP contribution in [0.4, 0.5) is 5.69 Å². The van der Waals surface area contributed by atoms with Gasteiger partial charge in [0.15, 0.2) is 5.60 Å². The summed E-state index contributed by atoms with van der Waals surface area (Å²) < 4.78 is 4.78. The molecule has 0 aliphatic heterocycles. The van der Waals surface area contributed by atoms with Crippen LogP contribution in [0.1, 0.15) is 12.8 Å². The second-order valence-corrected chi connectivity index (χ2v) is 4.11. The van der Waals surface area contributed by atoms with Crippen LogP contribution in [0.3, 0.4) is 0 Å². The van der Waals surface area contributed by atoms with Gasteiger partial charge in [-0.25, -0.2) is 0 Å². The van der Waals surface area contributed by atoms with Gasteiger partial charge in [0.25, 0.3) is 12.4 Å². The predicted molar refractivity (Wildman–Crippen MR) is 59.2 cm³/mol. The summed E-state index contributed by atoms with van der Waals surface area (Å²) in [6, 6.07) is 6.74. The van der Waals surface area contributed by atoms with E-state index in [4.69, 9.17) is 16.3 Å². The number of benzene rings is 1. The molecule has 0 heterocycles. The van der Waals surface area contributed by atoms with Crippen molar-refractivity contribution in [2.75, 3.05) is 5.32 Å². The molecular weight excluding hydrogens is 230 g/mol. The van der Waals surface area contributed by atoms with E-state index in [-0.39, 0.29) is 5.91 Å². The second-order valence-electron chi connectivity index (χ2n) is 3.67. The Morgan fingerprint density at radius 1 is 1.38 bits per heavy atom. The molecule has 0 spiro atoms. The Balaban J connectivity index is 2.02. The summed E-state index contributed by atoms with van der Waals surface area (Å²) in [7, 11) is 0. The van der Waals surface area contributed by atoms with Crippen LogP contribution in [-0.2, 0) is 14.3 Å². The van der Waals surface area contributed by atoms with Gasteiger partial charge in [-0.2, -0.15) is 0 Å². The third kappa shape index (κ3) is 2.17. The van der Waals surface area contributed by atoms with Gasteiger partial charge in [0.05, 0.1) is 0 Å². The van der Waals surface area contributed by atoms with Crippen molar-refractivity contribution in [3.8, 4) is 0 Å². The quantitative estimate of drug-likeness (QED) is 0.818. The predicted octanol–water partition coefficient (Wildman–Crippen LogP) is 1.98. The van der Waals surface area contributed by atoms with E-state index in [2.05, 4.69) is 5.32 Å². The van der Waals surface area contributed by atoms with Gasteiger partial charge in [-0.05, 0) is 24.3 Å². The van der Waals surface area contributed by atoms with Gasteiger partial charge in [-0.15, -0.1) is 0 Å². The minimum Gasteiger partial charge on any atom is -0.451 e. The van der Waals surface area contributed by atoms with Crippen molar-refractivity contribution >= 4 is 29.7 Å². The van der Waals surface area contributed by atoms with Crippen LogP contribution in [-0.4, -0.2) is 18.0 Å². The average molecular weight is 240 g/mol. The van der Waals surface area contributed by atoms with Gasteiger partial charge < -0.3 is 10.1 Å². The van der Waals surface area contributed by atoms with Crippen LogP contribution in [0.25, 0.3) is 0 Å². The van der Waals surface area contributed by atoms with Gasteiger partial charge in [-0.1, -0.05) is 11.6 Å². The fourth-order valence-corrected chi connectivity index (χ4v) is 1.51. The van der Waals surface area contributed by atoms with Crippen LogP contribution < -0.4 is 5.32 Å². The van der Waals surface area contributed by atoms with E-state index in [0.29, 0.717) is 30.0 Å². The van der Waals surface area contributed by atoms with Gasteiger partial charge in [0.1, 0.15) is 0 Å². The van der Waals surface area contributed by atoms with Crippen molar-refractivity contribution in [2.45, 2.75) is 18.4 Å². The number of rotatable bonds is 4. The van der Waals surface area contributed by atoms with Crippen molar-refractivity contribution in [2.24, 2.45) is 0 Å². The second kappa shape index (κ2) is 4.14. The average Bonchev–Trinajstić information content (AvgIpc) is 3.03. The summed E-state index contributed by atoms with van der Waals surface area (Å²) >= 11 is 5.72. The highest BCUT2D eigenvalue weighted by Gasteiger charge is 2.52. The Kier molecular flexibility index (Phi) is 2.83. The van der Waals surface area contributed by atoms with E-state index in [1.807, 2.05) is 0 Å². The molecule has 1 amide bonds. The van der Waals surface area contributed by atoms with Crippen molar-refractivity contribution in [1.82, 2.24) is 0 Å². The number of amides is 1. The zero-order valence-electron chi connectivity index (χ0n) is 8.40. The standard InChI is InChI=1S/C11H10ClNO3/c12-8-1-3-9(4-2-8)13-10(15)11(5-6-11)16-7-14/h1-4,7H,5-6H2,(H,13,15). The highest BCUT2D eigenvalue weighted by Crippen LogP contribution is 2.39. The van der Waals surface area contributed by atoms with Crippen LogP contribution in [0.15, 0.2) is 24.3 Å². The molecule has 0 aromatic heterocycles. The van der Waals surface area contributed by atoms with Crippen LogP contribution in [0.5, 0.6) is 0 Å². The van der Waals surface area contributed by atoms with Gasteiger partial charge in [0.2, 0.25) is 0 Å². The summed E-state index contributed by atoms with van der Waals surface area (Å²) in [5, 5.41) is 3.28. The van der Waals surface area contributed by atoms with Crippen LogP contribution in [0, 0.1) is 0 Å². The molecule has 0 unspecified atom stereocenters. The zero-order chi connectivity index (χ0) is 11.6. The largest absolute Gasteiger partial charge is 0.451 e. The molecule has 4 nitrogen and oxygen atoms in total. The third-order valence-electron chi connectivity index (χ3n) is 2.49. The summed E-state index contributed by atoms with van der Waals surface area (Å²) in [5.74, 6) is -0.290.